The zero-order valence-electron chi connectivity index (χ0n) is 13.8. The van der Waals surface area contributed by atoms with Crippen molar-refractivity contribution in [3.8, 4) is 5.75 Å². The van der Waals surface area contributed by atoms with Gasteiger partial charge >= 0.3 is 0 Å². The fourth-order valence-corrected chi connectivity index (χ4v) is 3.35. The predicted molar refractivity (Wildman–Crippen MR) is 93.1 cm³/mol. The van der Waals surface area contributed by atoms with Gasteiger partial charge in [-0.2, -0.15) is 0 Å². The number of hydrogen-bond donors (Lipinski definition) is 0. The molecule has 0 unspecified atom stereocenters. The Bertz CT molecular complexity index is 743. The summed E-state index contributed by atoms with van der Waals surface area (Å²) in [7, 11) is 1.77. The lowest BCUT2D eigenvalue weighted by Gasteiger charge is -2.20. The van der Waals surface area contributed by atoms with Gasteiger partial charge in [0.15, 0.2) is 0 Å². The molecule has 24 heavy (non-hydrogen) atoms. The van der Waals surface area contributed by atoms with Gasteiger partial charge in [-0.3, -0.25) is 9.59 Å². The lowest BCUT2D eigenvalue weighted by atomic mass is 10.1. The number of carbonyl (C=O) groups excluding carboxylic acids is 2. The molecule has 0 atom stereocenters. The van der Waals surface area contributed by atoms with E-state index in [0.29, 0.717) is 26.2 Å². The van der Waals surface area contributed by atoms with Crippen LogP contribution in [0.3, 0.4) is 0 Å². The highest BCUT2D eigenvalue weighted by Gasteiger charge is 2.22. The van der Waals surface area contributed by atoms with Gasteiger partial charge in [0.2, 0.25) is 5.91 Å². The number of carbonyl (C=O) groups is 2. The van der Waals surface area contributed by atoms with Crippen LogP contribution in [0.5, 0.6) is 5.75 Å². The van der Waals surface area contributed by atoms with E-state index in [1.807, 2.05) is 40.6 Å². The van der Waals surface area contributed by atoms with Crippen LogP contribution in [0.4, 0.5) is 0 Å². The number of rotatable bonds is 3. The van der Waals surface area contributed by atoms with Gasteiger partial charge in [0, 0.05) is 32.6 Å². The molecule has 0 spiro atoms. The number of nitrogens with zero attached hydrogens (tertiary/aromatic N) is 2. The van der Waals surface area contributed by atoms with Crippen molar-refractivity contribution in [2.75, 3.05) is 20.2 Å². The van der Waals surface area contributed by atoms with Crippen LogP contribution in [0.1, 0.15) is 27.7 Å². The molecule has 1 aromatic carbocycles. The Kier molecular flexibility index (Phi) is 4.85. The fourth-order valence-electron chi connectivity index (χ4n) is 2.66. The topological polar surface area (TPSA) is 49.9 Å². The summed E-state index contributed by atoms with van der Waals surface area (Å²) >= 11 is 1.45. The number of amides is 2. The second-order valence-electron chi connectivity index (χ2n) is 5.87. The summed E-state index contributed by atoms with van der Waals surface area (Å²) in [6.07, 6.45) is 0. The maximum absolute atomic E-state index is 12.6. The minimum Gasteiger partial charge on any atom is -0.491 e. The lowest BCUT2D eigenvalue weighted by Crippen LogP contribution is -2.31. The van der Waals surface area contributed by atoms with Crippen molar-refractivity contribution in [2.24, 2.45) is 0 Å². The van der Waals surface area contributed by atoms with Crippen molar-refractivity contribution in [2.45, 2.75) is 20.0 Å². The Morgan fingerprint density at radius 2 is 2.17 bits per heavy atom. The van der Waals surface area contributed by atoms with Crippen LogP contribution in [-0.4, -0.2) is 41.8 Å². The van der Waals surface area contributed by atoms with Crippen LogP contribution < -0.4 is 4.74 Å². The maximum atomic E-state index is 12.6. The highest BCUT2D eigenvalue weighted by atomic mass is 32.1. The van der Waals surface area contributed by atoms with Gasteiger partial charge in [0.1, 0.15) is 12.4 Å². The highest BCUT2D eigenvalue weighted by Crippen LogP contribution is 2.26. The summed E-state index contributed by atoms with van der Waals surface area (Å²) in [5.74, 6) is 0.870. The summed E-state index contributed by atoms with van der Waals surface area (Å²) in [5.41, 5.74) is 2.01. The van der Waals surface area contributed by atoms with E-state index in [-0.39, 0.29) is 11.8 Å². The standard InChI is InChI=1S/C18H20N2O3S/c1-13(21)19(2)11-14-5-6-16-15(10-14)12-20(7-8-23-16)18(22)17-4-3-9-24-17/h3-6,9-10H,7-8,11-12H2,1-2H3. The Morgan fingerprint density at radius 1 is 1.33 bits per heavy atom. The van der Waals surface area contributed by atoms with Crippen LogP contribution in [0.2, 0.25) is 0 Å². The molecule has 5 nitrogen and oxygen atoms in total. The van der Waals surface area contributed by atoms with Gasteiger partial charge in [0.05, 0.1) is 11.4 Å². The van der Waals surface area contributed by atoms with E-state index in [9.17, 15) is 9.59 Å². The molecule has 3 rings (SSSR count). The van der Waals surface area contributed by atoms with E-state index in [1.165, 1.54) is 11.3 Å². The summed E-state index contributed by atoms with van der Waals surface area (Å²) in [5, 5.41) is 1.91. The first-order chi connectivity index (χ1) is 11.5. The van der Waals surface area contributed by atoms with Crippen molar-refractivity contribution < 1.29 is 14.3 Å². The molecule has 1 aromatic heterocycles. The number of fused-ring (bicyclic) bond motifs is 1. The SMILES string of the molecule is CC(=O)N(C)Cc1ccc2c(c1)CN(C(=O)c1cccs1)CCO2. The van der Waals surface area contributed by atoms with E-state index in [1.54, 1.807) is 18.9 Å². The summed E-state index contributed by atoms with van der Waals surface area (Å²) < 4.78 is 5.78. The Labute approximate surface area is 145 Å². The molecule has 0 bridgehead atoms. The van der Waals surface area contributed by atoms with Crippen LogP contribution in [0, 0.1) is 0 Å². The van der Waals surface area contributed by atoms with Gasteiger partial charge in [-0.05, 0) is 29.1 Å². The van der Waals surface area contributed by atoms with Gasteiger partial charge in [-0.15, -0.1) is 11.3 Å². The smallest absolute Gasteiger partial charge is 0.264 e. The minimum absolute atomic E-state index is 0.0238. The molecule has 0 fully saturated rings. The van der Waals surface area contributed by atoms with Gasteiger partial charge in [-0.25, -0.2) is 0 Å². The van der Waals surface area contributed by atoms with E-state index in [4.69, 9.17) is 4.74 Å². The first-order valence-electron chi connectivity index (χ1n) is 7.83. The van der Waals surface area contributed by atoms with Crippen LogP contribution in [0.15, 0.2) is 35.7 Å². The van der Waals surface area contributed by atoms with Crippen molar-refractivity contribution in [3.63, 3.8) is 0 Å². The molecule has 0 saturated heterocycles. The quantitative estimate of drug-likeness (QED) is 0.860. The molecule has 2 amide bonds. The van der Waals surface area contributed by atoms with Crippen molar-refractivity contribution in [1.82, 2.24) is 9.80 Å². The van der Waals surface area contributed by atoms with Gasteiger partial charge < -0.3 is 14.5 Å². The summed E-state index contributed by atoms with van der Waals surface area (Å²) in [4.78, 5) is 28.2. The number of hydrogen-bond acceptors (Lipinski definition) is 4. The predicted octanol–water partition coefficient (Wildman–Crippen LogP) is 2.76. The van der Waals surface area contributed by atoms with E-state index in [0.717, 1.165) is 21.8 Å². The number of ether oxygens (including phenoxy) is 1. The minimum atomic E-state index is 0.0238. The molecular formula is C18H20N2O3S. The van der Waals surface area contributed by atoms with E-state index in [2.05, 4.69) is 0 Å². The first-order valence-corrected chi connectivity index (χ1v) is 8.71. The monoisotopic (exact) mass is 344 g/mol. The van der Waals surface area contributed by atoms with Crippen LogP contribution in [-0.2, 0) is 17.9 Å². The van der Waals surface area contributed by atoms with Gasteiger partial charge in [0.25, 0.3) is 5.91 Å². The molecule has 0 saturated carbocycles. The molecule has 1 aliphatic heterocycles. The Hall–Kier alpha value is -2.34. The third-order valence-corrected chi connectivity index (χ3v) is 4.94. The summed E-state index contributed by atoms with van der Waals surface area (Å²) in [6.45, 7) is 3.66. The van der Waals surface area contributed by atoms with Gasteiger partial charge in [-0.1, -0.05) is 12.1 Å². The van der Waals surface area contributed by atoms with E-state index >= 15 is 0 Å². The largest absolute Gasteiger partial charge is 0.491 e. The molecular weight excluding hydrogens is 324 g/mol. The number of thiophene rings is 1. The summed E-state index contributed by atoms with van der Waals surface area (Å²) in [6, 6.07) is 9.65. The fraction of sp³-hybridized carbons (Fsp3) is 0.333. The molecule has 126 valence electrons. The van der Waals surface area contributed by atoms with Crippen molar-refractivity contribution in [3.05, 3.63) is 51.7 Å². The number of benzene rings is 1. The molecule has 0 radical (unpaired) electrons. The zero-order valence-corrected chi connectivity index (χ0v) is 14.6. The normalized spacial score (nSPS) is 13.7. The molecule has 2 heterocycles. The van der Waals surface area contributed by atoms with Crippen LogP contribution >= 0.6 is 11.3 Å². The first kappa shape index (κ1) is 16.5. The molecule has 1 aliphatic rings. The second-order valence-corrected chi connectivity index (χ2v) is 6.82. The molecule has 6 heteroatoms. The maximum Gasteiger partial charge on any atom is 0.264 e. The highest BCUT2D eigenvalue weighted by molar-refractivity contribution is 7.12. The third-order valence-electron chi connectivity index (χ3n) is 4.08. The third kappa shape index (κ3) is 3.59. The average Bonchev–Trinajstić information content (AvgIpc) is 3.01. The van der Waals surface area contributed by atoms with Crippen molar-refractivity contribution >= 4 is 23.2 Å². The lowest BCUT2D eigenvalue weighted by molar-refractivity contribution is -0.128. The van der Waals surface area contributed by atoms with Crippen molar-refractivity contribution in [1.29, 1.82) is 0 Å². The molecule has 2 aromatic rings. The Balaban J connectivity index is 1.80. The second kappa shape index (κ2) is 7.05. The van der Waals surface area contributed by atoms with E-state index < -0.39 is 0 Å². The Morgan fingerprint density at radius 3 is 2.88 bits per heavy atom. The molecule has 0 N–H and O–H groups in total. The van der Waals surface area contributed by atoms with Crippen LogP contribution in [0.25, 0.3) is 0 Å². The zero-order chi connectivity index (χ0) is 17.1. The average molecular weight is 344 g/mol. The molecule has 0 aliphatic carbocycles.